The molecule has 0 aliphatic carbocycles. The molecular formula is C14H20N2O4. The molecule has 0 aromatic rings. The third-order valence-corrected chi connectivity index (χ3v) is 4.21. The Morgan fingerprint density at radius 1 is 1.35 bits per heavy atom. The minimum absolute atomic E-state index is 0.238. The highest BCUT2D eigenvalue weighted by molar-refractivity contribution is 5.90. The number of hydrogen-bond acceptors (Lipinski definition) is 5. The van der Waals surface area contributed by atoms with Crippen molar-refractivity contribution in [1.82, 2.24) is 4.90 Å². The monoisotopic (exact) mass is 280 g/mol. The second kappa shape index (κ2) is 6.23. The average molecular weight is 280 g/mol. The van der Waals surface area contributed by atoms with Crippen LogP contribution in [0.4, 0.5) is 0 Å². The summed E-state index contributed by atoms with van der Waals surface area (Å²) in [5.74, 6) is -0.628. The summed E-state index contributed by atoms with van der Waals surface area (Å²) in [4.78, 5) is 26.2. The number of rotatable bonds is 2. The first-order valence-electron chi connectivity index (χ1n) is 7.02. The Hall–Kier alpha value is -1.61. The SMILES string of the molecule is COC(=O)C1CCCCN1C(=O)C1(C#N)CCOCC1. The molecule has 0 bridgehead atoms. The van der Waals surface area contributed by atoms with Crippen molar-refractivity contribution in [3.8, 4) is 6.07 Å². The maximum Gasteiger partial charge on any atom is 0.328 e. The van der Waals surface area contributed by atoms with Crippen LogP contribution < -0.4 is 0 Å². The van der Waals surface area contributed by atoms with Gasteiger partial charge in [-0.2, -0.15) is 5.26 Å². The van der Waals surface area contributed by atoms with Crippen molar-refractivity contribution in [2.24, 2.45) is 5.41 Å². The van der Waals surface area contributed by atoms with E-state index in [4.69, 9.17) is 9.47 Å². The fourth-order valence-electron chi connectivity index (χ4n) is 2.92. The quantitative estimate of drug-likeness (QED) is 0.701. The number of hydrogen-bond donors (Lipinski definition) is 0. The fourth-order valence-corrected chi connectivity index (χ4v) is 2.92. The Balaban J connectivity index is 2.20. The van der Waals surface area contributed by atoms with E-state index in [-0.39, 0.29) is 5.91 Å². The zero-order valence-electron chi connectivity index (χ0n) is 11.8. The summed E-state index contributed by atoms with van der Waals surface area (Å²) in [5.41, 5.74) is -1.04. The molecular weight excluding hydrogens is 260 g/mol. The van der Waals surface area contributed by atoms with Gasteiger partial charge in [0, 0.05) is 19.8 Å². The van der Waals surface area contributed by atoms with Crippen LogP contribution in [0, 0.1) is 16.7 Å². The van der Waals surface area contributed by atoms with E-state index < -0.39 is 17.4 Å². The van der Waals surface area contributed by atoms with Gasteiger partial charge in [0.2, 0.25) is 5.91 Å². The summed E-state index contributed by atoms with van der Waals surface area (Å²) in [6.07, 6.45) is 3.15. The Morgan fingerprint density at radius 3 is 2.65 bits per heavy atom. The van der Waals surface area contributed by atoms with Crippen molar-refractivity contribution in [3.05, 3.63) is 0 Å². The Labute approximate surface area is 118 Å². The second-order valence-corrected chi connectivity index (χ2v) is 5.34. The number of ether oxygens (including phenoxy) is 2. The van der Waals surface area contributed by atoms with Crippen LogP contribution in [-0.2, 0) is 19.1 Å². The van der Waals surface area contributed by atoms with Crippen molar-refractivity contribution < 1.29 is 19.1 Å². The molecule has 6 heteroatoms. The summed E-state index contributed by atoms with van der Waals surface area (Å²) in [6, 6.07) is 1.62. The Kier molecular flexibility index (Phi) is 4.61. The zero-order valence-corrected chi connectivity index (χ0v) is 11.8. The largest absolute Gasteiger partial charge is 0.467 e. The Morgan fingerprint density at radius 2 is 2.05 bits per heavy atom. The van der Waals surface area contributed by atoms with Gasteiger partial charge in [0.1, 0.15) is 11.5 Å². The van der Waals surface area contributed by atoms with Gasteiger partial charge in [0.25, 0.3) is 0 Å². The molecule has 110 valence electrons. The fraction of sp³-hybridized carbons (Fsp3) is 0.786. The van der Waals surface area contributed by atoms with Gasteiger partial charge < -0.3 is 14.4 Å². The van der Waals surface area contributed by atoms with Gasteiger partial charge in [0.05, 0.1) is 13.2 Å². The van der Waals surface area contributed by atoms with Crippen molar-refractivity contribution in [2.45, 2.75) is 38.1 Å². The van der Waals surface area contributed by atoms with Crippen LogP contribution >= 0.6 is 0 Å². The number of amides is 1. The molecule has 0 aromatic heterocycles. The molecule has 2 aliphatic rings. The van der Waals surface area contributed by atoms with Crippen LogP contribution in [0.25, 0.3) is 0 Å². The third kappa shape index (κ3) is 2.63. The molecule has 2 fully saturated rings. The molecule has 6 nitrogen and oxygen atoms in total. The summed E-state index contributed by atoms with van der Waals surface area (Å²) >= 11 is 0. The van der Waals surface area contributed by atoms with Gasteiger partial charge in [-0.15, -0.1) is 0 Å². The lowest BCUT2D eigenvalue weighted by atomic mass is 9.79. The molecule has 2 heterocycles. The lowest BCUT2D eigenvalue weighted by Gasteiger charge is -2.40. The summed E-state index contributed by atoms with van der Waals surface area (Å²) < 4.78 is 10.0. The first-order valence-corrected chi connectivity index (χ1v) is 7.02. The lowest BCUT2D eigenvalue weighted by Crippen LogP contribution is -2.54. The summed E-state index contributed by atoms with van der Waals surface area (Å²) in [5, 5.41) is 9.46. The standard InChI is InChI=1S/C14H20N2O4/c1-19-12(17)11-4-2-3-7-16(11)13(18)14(10-15)5-8-20-9-6-14/h11H,2-9H2,1H3. The molecule has 2 aliphatic heterocycles. The molecule has 0 radical (unpaired) electrons. The molecule has 2 saturated heterocycles. The van der Waals surface area contributed by atoms with Crippen molar-refractivity contribution >= 4 is 11.9 Å². The van der Waals surface area contributed by atoms with Crippen LogP contribution in [-0.4, -0.2) is 49.7 Å². The molecule has 0 saturated carbocycles. The van der Waals surface area contributed by atoms with E-state index in [1.165, 1.54) is 7.11 Å². The number of methoxy groups -OCH3 is 1. The molecule has 1 amide bonds. The van der Waals surface area contributed by atoms with Crippen LogP contribution in [0.2, 0.25) is 0 Å². The average Bonchev–Trinajstić information content (AvgIpc) is 2.54. The van der Waals surface area contributed by atoms with Crippen LogP contribution in [0.5, 0.6) is 0 Å². The van der Waals surface area contributed by atoms with Gasteiger partial charge in [0.15, 0.2) is 0 Å². The van der Waals surface area contributed by atoms with E-state index in [1.807, 2.05) is 0 Å². The first-order chi connectivity index (χ1) is 9.64. The predicted molar refractivity (Wildman–Crippen MR) is 69.5 cm³/mol. The summed E-state index contributed by atoms with van der Waals surface area (Å²) in [6.45, 7) is 1.34. The van der Waals surface area contributed by atoms with Crippen LogP contribution in [0.3, 0.4) is 0 Å². The molecule has 0 spiro atoms. The smallest absolute Gasteiger partial charge is 0.328 e. The molecule has 1 unspecified atom stereocenters. The maximum absolute atomic E-state index is 12.8. The normalized spacial score (nSPS) is 25.6. The van der Waals surface area contributed by atoms with Crippen molar-refractivity contribution in [3.63, 3.8) is 0 Å². The molecule has 0 N–H and O–H groups in total. The third-order valence-electron chi connectivity index (χ3n) is 4.21. The molecule has 0 aromatic carbocycles. The zero-order chi connectivity index (χ0) is 14.6. The van der Waals surface area contributed by atoms with Gasteiger partial charge in [-0.1, -0.05) is 0 Å². The first kappa shape index (κ1) is 14.8. The van der Waals surface area contributed by atoms with Gasteiger partial charge in [-0.25, -0.2) is 4.79 Å². The Bertz CT molecular complexity index is 423. The molecule has 20 heavy (non-hydrogen) atoms. The highest BCUT2D eigenvalue weighted by Gasteiger charge is 2.46. The van der Waals surface area contributed by atoms with Gasteiger partial charge in [-0.3, -0.25) is 4.79 Å². The second-order valence-electron chi connectivity index (χ2n) is 5.34. The number of nitrogens with zero attached hydrogens (tertiary/aromatic N) is 2. The van der Waals surface area contributed by atoms with Crippen LogP contribution in [0.1, 0.15) is 32.1 Å². The van der Waals surface area contributed by atoms with E-state index in [2.05, 4.69) is 6.07 Å². The summed E-state index contributed by atoms with van der Waals surface area (Å²) in [7, 11) is 1.33. The molecule has 1 atom stereocenters. The van der Waals surface area contributed by atoms with E-state index in [0.29, 0.717) is 39.0 Å². The number of piperidine rings is 1. The molecule has 2 rings (SSSR count). The highest BCUT2D eigenvalue weighted by atomic mass is 16.5. The lowest BCUT2D eigenvalue weighted by molar-refractivity contribution is -0.159. The number of nitriles is 1. The van der Waals surface area contributed by atoms with Crippen molar-refractivity contribution in [1.29, 1.82) is 5.26 Å². The minimum atomic E-state index is -1.04. The van der Waals surface area contributed by atoms with E-state index in [1.54, 1.807) is 4.90 Å². The maximum atomic E-state index is 12.8. The van der Waals surface area contributed by atoms with E-state index in [9.17, 15) is 14.9 Å². The van der Waals surface area contributed by atoms with Crippen molar-refractivity contribution in [2.75, 3.05) is 26.9 Å². The van der Waals surface area contributed by atoms with E-state index >= 15 is 0 Å². The number of likely N-dealkylation sites (tertiary alicyclic amines) is 1. The predicted octanol–water partition coefficient (Wildman–Crippen LogP) is 0.861. The number of esters is 1. The van der Waals surface area contributed by atoms with E-state index in [0.717, 1.165) is 12.8 Å². The number of carbonyl (C=O) groups is 2. The van der Waals surface area contributed by atoms with Gasteiger partial charge >= 0.3 is 5.97 Å². The number of carbonyl (C=O) groups excluding carboxylic acids is 2. The topological polar surface area (TPSA) is 79.6 Å². The minimum Gasteiger partial charge on any atom is -0.467 e. The highest BCUT2D eigenvalue weighted by Crippen LogP contribution is 2.34. The van der Waals surface area contributed by atoms with Crippen LogP contribution in [0.15, 0.2) is 0 Å². The van der Waals surface area contributed by atoms with Gasteiger partial charge in [-0.05, 0) is 32.1 Å².